The van der Waals surface area contributed by atoms with Crippen LogP contribution in [0.5, 0.6) is 0 Å². The van der Waals surface area contributed by atoms with Crippen molar-refractivity contribution in [2.45, 2.75) is 0 Å². The van der Waals surface area contributed by atoms with Gasteiger partial charge in [-0.15, -0.1) is 0 Å². The summed E-state index contributed by atoms with van der Waals surface area (Å²) >= 11 is 6.07. The Morgan fingerprint density at radius 3 is 2.89 bits per heavy atom. The topological polar surface area (TPSA) is 48.3 Å². The van der Waals surface area contributed by atoms with Crippen LogP contribution in [0, 0.1) is 11.3 Å². The Labute approximate surface area is 112 Å². The molecule has 0 aromatic heterocycles. The summed E-state index contributed by atoms with van der Waals surface area (Å²) in [5.74, 6) is 0. The third kappa shape index (κ3) is 3.61. The molecule has 1 heterocycles. The van der Waals surface area contributed by atoms with Gasteiger partial charge in [-0.2, -0.15) is 5.26 Å². The zero-order valence-corrected chi connectivity index (χ0v) is 10.9. The van der Waals surface area contributed by atoms with Gasteiger partial charge in [-0.25, -0.2) is 0 Å². The molecule has 18 heavy (non-hydrogen) atoms. The Hall–Kier alpha value is -1.28. The standard InChI is InChI=1S/C13H16ClN3O/c14-12-2-1-11(10-15)9-13(12)16-3-4-17-5-7-18-8-6-17/h1-2,9,16H,3-8H2. The molecule has 96 valence electrons. The molecule has 1 N–H and O–H groups in total. The van der Waals surface area contributed by atoms with Crippen LogP contribution in [-0.4, -0.2) is 44.3 Å². The number of hydrogen-bond donors (Lipinski definition) is 1. The second-order valence-corrected chi connectivity index (χ2v) is 4.59. The first-order valence-corrected chi connectivity index (χ1v) is 6.41. The summed E-state index contributed by atoms with van der Waals surface area (Å²) < 4.78 is 5.29. The molecule has 1 saturated heterocycles. The third-order valence-corrected chi connectivity index (χ3v) is 3.27. The summed E-state index contributed by atoms with van der Waals surface area (Å²) in [5, 5.41) is 12.8. The van der Waals surface area contributed by atoms with Gasteiger partial charge in [0.05, 0.1) is 35.6 Å². The third-order valence-electron chi connectivity index (χ3n) is 2.94. The van der Waals surface area contributed by atoms with Gasteiger partial charge in [-0.1, -0.05) is 11.6 Å². The highest BCUT2D eigenvalue weighted by atomic mass is 35.5. The van der Waals surface area contributed by atoms with Crippen molar-refractivity contribution in [3.63, 3.8) is 0 Å². The Bertz CT molecular complexity index is 438. The van der Waals surface area contributed by atoms with Gasteiger partial charge in [-0.05, 0) is 18.2 Å². The lowest BCUT2D eigenvalue weighted by Gasteiger charge is -2.26. The van der Waals surface area contributed by atoms with Crippen LogP contribution in [0.15, 0.2) is 18.2 Å². The molecule has 0 saturated carbocycles. The summed E-state index contributed by atoms with van der Waals surface area (Å²) in [6.45, 7) is 5.35. The van der Waals surface area contributed by atoms with Gasteiger partial charge < -0.3 is 10.1 Å². The molecule has 0 aliphatic carbocycles. The number of ether oxygens (including phenoxy) is 1. The van der Waals surface area contributed by atoms with Gasteiger partial charge in [-0.3, -0.25) is 4.90 Å². The summed E-state index contributed by atoms with van der Waals surface area (Å²) in [6.07, 6.45) is 0. The highest BCUT2D eigenvalue weighted by molar-refractivity contribution is 6.33. The molecule has 1 aromatic rings. The summed E-state index contributed by atoms with van der Waals surface area (Å²) in [5.41, 5.74) is 1.44. The van der Waals surface area contributed by atoms with E-state index in [9.17, 15) is 0 Å². The van der Waals surface area contributed by atoms with Crippen LogP contribution >= 0.6 is 11.6 Å². The SMILES string of the molecule is N#Cc1ccc(Cl)c(NCCN2CCOCC2)c1. The second kappa shape index (κ2) is 6.60. The molecule has 0 radical (unpaired) electrons. The monoisotopic (exact) mass is 265 g/mol. The summed E-state index contributed by atoms with van der Waals surface area (Å²) in [6, 6.07) is 7.35. The van der Waals surface area contributed by atoms with Crippen LogP contribution in [0.2, 0.25) is 5.02 Å². The Balaban J connectivity index is 1.84. The Morgan fingerprint density at radius 2 is 2.17 bits per heavy atom. The molecule has 1 aliphatic rings. The average molecular weight is 266 g/mol. The van der Waals surface area contributed by atoms with Crippen molar-refractivity contribution in [2.24, 2.45) is 0 Å². The normalized spacial score (nSPS) is 16.2. The molecule has 4 nitrogen and oxygen atoms in total. The molecule has 0 spiro atoms. The smallest absolute Gasteiger partial charge is 0.0992 e. The van der Waals surface area contributed by atoms with Crippen LogP contribution in [-0.2, 0) is 4.74 Å². The van der Waals surface area contributed by atoms with Gasteiger partial charge >= 0.3 is 0 Å². The number of nitrogens with zero attached hydrogens (tertiary/aromatic N) is 2. The number of morpholine rings is 1. The first kappa shape index (κ1) is 13.2. The maximum Gasteiger partial charge on any atom is 0.0992 e. The molecule has 1 aromatic carbocycles. The number of rotatable bonds is 4. The fraction of sp³-hybridized carbons (Fsp3) is 0.462. The maximum atomic E-state index is 8.84. The first-order chi connectivity index (χ1) is 8.79. The Morgan fingerprint density at radius 1 is 1.39 bits per heavy atom. The van der Waals surface area contributed by atoms with E-state index in [2.05, 4.69) is 16.3 Å². The average Bonchev–Trinajstić information content (AvgIpc) is 2.42. The molecule has 0 bridgehead atoms. The van der Waals surface area contributed by atoms with Gasteiger partial charge in [0.1, 0.15) is 0 Å². The fourth-order valence-electron chi connectivity index (χ4n) is 1.90. The van der Waals surface area contributed by atoms with Crippen molar-refractivity contribution in [2.75, 3.05) is 44.7 Å². The predicted molar refractivity (Wildman–Crippen MR) is 71.9 cm³/mol. The predicted octanol–water partition coefficient (Wildman–Crippen LogP) is 1.96. The lowest BCUT2D eigenvalue weighted by molar-refractivity contribution is 0.0398. The lowest BCUT2D eigenvalue weighted by Crippen LogP contribution is -2.39. The van der Waals surface area contributed by atoms with Crippen molar-refractivity contribution in [1.29, 1.82) is 5.26 Å². The van der Waals surface area contributed by atoms with Gasteiger partial charge in [0.2, 0.25) is 0 Å². The maximum absolute atomic E-state index is 8.84. The minimum atomic E-state index is 0.619. The van der Waals surface area contributed by atoms with Gasteiger partial charge in [0, 0.05) is 26.2 Å². The molecule has 2 rings (SSSR count). The number of hydrogen-bond acceptors (Lipinski definition) is 4. The van der Waals surface area contributed by atoms with E-state index in [-0.39, 0.29) is 0 Å². The van der Waals surface area contributed by atoms with Crippen molar-refractivity contribution in [3.8, 4) is 6.07 Å². The summed E-state index contributed by atoms with van der Waals surface area (Å²) in [7, 11) is 0. The number of benzene rings is 1. The number of nitrogens with one attached hydrogen (secondary N) is 1. The zero-order valence-electron chi connectivity index (χ0n) is 10.2. The lowest BCUT2D eigenvalue weighted by atomic mass is 10.2. The number of anilines is 1. The van der Waals surface area contributed by atoms with E-state index in [0.717, 1.165) is 45.1 Å². The summed E-state index contributed by atoms with van der Waals surface area (Å²) in [4.78, 5) is 2.35. The Kier molecular flexibility index (Phi) is 4.82. The second-order valence-electron chi connectivity index (χ2n) is 4.19. The highest BCUT2D eigenvalue weighted by Crippen LogP contribution is 2.22. The van der Waals surface area contributed by atoms with Crippen LogP contribution in [0.3, 0.4) is 0 Å². The van der Waals surface area contributed by atoms with Crippen LogP contribution in [0.1, 0.15) is 5.56 Å². The van der Waals surface area contributed by atoms with Crippen LogP contribution in [0.25, 0.3) is 0 Å². The van der Waals surface area contributed by atoms with E-state index in [1.165, 1.54) is 0 Å². The van der Waals surface area contributed by atoms with Crippen molar-refractivity contribution >= 4 is 17.3 Å². The van der Waals surface area contributed by atoms with E-state index in [4.69, 9.17) is 21.6 Å². The van der Waals surface area contributed by atoms with E-state index in [0.29, 0.717) is 10.6 Å². The van der Waals surface area contributed by atoms with E-state index < -0.39 is 0 Å². The molecule has 5 heteroatoms. The first-order valence-electron chi connectivity index (χ1n) is 6.03. The minimum Gasteiger partial charge on any atom is -0.383 e. The van der Waals surface area contributed by atoms with E-state index >= 15 is 0 Å². The molecule has 1 fully saturated rings. The van der Waals surface area contributed by atoms with Crippen molar-refractivity contribution in [1.82, 2.24) is 4.90 Å². The van der Waals surface area contributed by atoms with E-state index in [1.54, 1.807) is 18.2 Å². The molecule has 1 aliphatic heterocycles. The van der Waals surface area contributed by atoms with Crippen LogP contribution in [0.4, 0.5) is 5.69 Å². The fourth-order valence-corrected chi connectivity index (χ4v) is 2.09. The number of nitriles is 1. The quantitative estimate of drug-likeness (QED) is 0.904. The molecule has 0 atom stereocenters. The van der Waals surface area contributed by atoms with Gasteiger partial charge in [0.15, 0.2) is 0 Å². The number of halogens is 1. The van der Waals surface area contributed by atoms with Crippen molar-refractivity contribution in [3.05, 3.63) is 28.8 Å². The zero-order chi connectivity index (χ0) is 12.8. The highest BCUT2D eigenvalue weighted by Gasteiger charge is 2.09. The van der Waals surface area contributed by atoms with Crippen LogP contribution < -0.4 is 5.32 Å². The largest absolute Gasteiger partial charge is 0.383 e. The van der Waals surface area contributed by atoms with Gasteiger partial charge in [0.25, 0.3) is 0 Å². The molecular weight excluding hydrogens is 250 g/mol. The van der Waals surface area contributed by atoms with Crippen molar-refractivity contribution < 1.29 is 4.74 Å². The molecule has 0 amide bonds. The van der Waals surface area contributed by atoms with E-state index in [1.807, 2.05) is 0 Å². The molecular formula is C13H16ClN3O. The molecule has 0 unspecified atom stereocenters. The minimum absolute atomic E-state index is 0.619.